The van der Waals surface area contributed by atoms with Crippen molar-refractivity contribution in [1.29, 1.82) is 0 Å². The summed E-state index contributed by atoms with van der Waals surface area (Å²) in [6.07, 6.45) is 11.7. The summed E-state index contributed by atoms with van der Waals surface area (Å²) in [6, 6.07) is 0. The summed E-state index contributed by atoms with van der Waals surface area (Å²) in [5.74, 6) is 1.24. The molecule has 4 N–H and O–H groups in total. The molecule has 0 aliphatic rings. The molecule has 0 aliphatic carbocycles. The molecular weight excluding hydrogens is 218 g/mol. The lowest BCUT2D eigenvalue weighted by Gasteiger charge is -2.01. The molecular formula is C12H27N3S. The predicted molar refractivity (Wildman–Crippen MR) is 76.1 cm³/mol. The number of hydrogen-bond acceptors (Lipinski definition) is 2. The summed E-state index contributed by atoms with van der Waals surface area (Å²) in [4.78, 5) is 3.96. The van der Waals surface area contributed by atoms with Crippen molar-refractivity contribution in [2.45, 2.75) is 57.8 Å². The number of rotatable bonds is 11. The molecule has 0 amide bonds. The van der Waals surface area contributed by atoms with Gasteiger partial charge in [-0.25, -0.2) is 0 Å². The van der Waals surface area contributed by atoms with Gasteiger partial charge in [-0.2, -0.15) is 12.6 Å². The normalized spacial score (nSPS) is 10.3. The first-order valence-corrected chi connectivity index (χ1v) is 7.07. The molecule has 0 atom stereocenters. The van der Waals surface area contributed by atoms with Gasteiger partial charge < -0.3 is 11.5 Å². The Morgan fingerprint density at radius 3 is 1.62 bits per heavy atom. The zero-order valence-corrected chi connectivity index (χ0v) is 11.2. The van der Waals surface area contributed by atoms with Gasteiger partial charge in [-0.05, 0) is 18.6 Å². The Hall–Kier alpha value is -0.380. The van der Waals surface area contributed by atoms with E-state index in [4.69, 9.17) is 11.5 Å². The second-order valence-electron chi connectivity index (χ2n) is 4.21. The molecule has 0 aliphatic heterocycles. The number of nitrogens with zero attached hydrogens (tertiary/aromatic N) is 1. The largest absolute Gasteiger partial charge is 0.370 e. The van der Waals surface area contributed by atoms with Crippen molar-refractivity contribution in [3.63, 3.8) is 0 Å². The van der Waals surface area contributed by atoms with Gasteiger partial charge in [0.2, 0.25) is 0 Å². The van der Waals surface area contributed by atoms with Gasteiger partial charge in [-0.15, -0.1) is 0 Å². The maximum atomic E-state index is 5.24. The highest BCUT2D eigenvalue weighted by Crippen LogP contribution is 2.09. The minimum Gasteiger partial charge on any atom is -0.370 e. The molecule has 0 aromatic heterocycles. The van der Waals surface area contributed by atoms with Crippen LogP contribution < -0.4 is 11.5 Å². The van der Waals surface area contributed by atoms with Gasteiger partial charge in [0.15, 0.2) is 5.96 Å². The Morgan fingerprint density at radius 2 is 1.19 bits per heavy atom. The van der Waals surface area contributed by atoms with E-state index < -0.39 is 0 Å². The molecule has 4 heteroatoms. The summed E-state index contributed by atoms with van der Waals surface area (Å²) < 4.78 is 0. The Morgan fingerprint density at radius 1 is 0.750 bits per heavy atom. The number of nitrogens with two attached hydrogens (primary N) is 2. The lowest BCUT2D eigenvalue weighted by atomic mass is 10.1. The lowest BCUT2D eigenvalue weighted by Crippen LogP contribution is -2.22. The van der Waals surface area contributed by atoms with E-state index in [1.807, 2.05) is 0 Å². The van der Waals surface area contributed by atoms with Crippen molar-refractivity contribution in [2.24, 2.45) is 16.5 Å². The van der Waals surface area contributed by atoms with Gasteiger partial charge in [-0.1, -0.05) is 44.9 Å². The number of hydrogen-bond donors (Lipinski definition) is 3. The van der Waals surface area contributed by atoms with Crippen LogP contribution in [-0.2, 0) is 0 Å². The van der Waals surface area contributed by atoms with Crippen molar-refractivity contribution in [1.82, 2.24) is 0 Å². The van der Waals surface area contributed by atoms with E-state index in [0.717, 1.165) is 18.7 Å². The van der Waals surface area contributed by atoms with Crippen LogP contribution >= 0.6 is 12.6 Å². The van der Waals surface area contributed by atoms with Crippen molar-refractivity contribution in [3.8, 4) is 0 Å². The first-order chi connectivity index (χ1) is 7.77. The molecule has 0 rings (SSSR count). The van der Waals surface area contributed by atoms with E-state index in [0.29, 0.717) is 0 Å². The van der Waals surface area contributed by atoms with Gasteiger partial charge in [0, 0.05) is 6.54 Å². The Balaban J connectivity index is 2.96. The summed E-state index contributed by atoms with van der Waals surface area (Å²) in [7, 11) is 0. The van der Waals surface area contributed by atoms with Crippen LogP contribution in [0.15, 0.2) is 4.99 Å². The van der Waals surface area contributed by atoms with Gasteiger partial charge in [-0.3, -0.25) is 4.99 Å². The highest BCUT2D eigenvalue weighted by molar-refractivity contribution is 7.80. The molecule has 0 fully saturated rings. The van der Waals surface area contributed by atoms with Crippen molar-refractivity contribution in [2.75, 3.05) is 12.3 Å². The fourth-order valence-corrected chi connectivity index (χ4v) is 1.89. The van der Waals surface area contributed by atoms with Crippen LogP contribution in [0.25, 0.3) is 0 Å². The van der Waals surface area contributed by atoms with E-state index >= 15 is 0 Å². The van der Waals surface area contributed by atoms with E-state index in [9.17, 15) is 0 Å². The minimum absolute atomic E-state index is 0.212. The maximum Gasteiger partial charge on any atom is 0.185 e. The highest BCUT2D eigenvalue weighted by Gasteiger charge is 1.92. The molecule has 0 aromatic rings. The summed E-state index contributed by atoms with van der Waals surface area (Å²) >= 11 is 4.20. The van der Waals surface area contributed by atoms with Crippen LogP contribution in [0.3, 0.4) is 0 Å². The van der Waals surface area contributed by atoms with Crippen LogP contribution in [0.4, 0.5) is 0 Å². The quantitative estimate of drug-likeness (QED) is 0.227. The molecule has 16 heavy (non-hydrogen) atoms. The molecule has 0 bridgehead atoms. The van der Waals surface area contributed by atoms with E-state index in [-0.39, 0.29) is 5.96 Å². The highest BCUT2D eigenvalue weighted by atomic mass is 32.1. The van der Waals surface area contributed by atoms with Gasteiger partial charge in [0.05, 0.1) is 0 Å². The fraction of sp³-hybridized carbons (Fsp3) is 0.917. The molecule has 0 saturated heterocycles. The topological polar surface area (TPSA) is 64.4 Å². The van der Waals surface area contributed by atoms with Crippen LogP contribution in [0.1, 0.15) is 57.8 Å². The maximum absolute atomic E-state index is 5.24. The third kappa shape index (κ3) is 13.6. The van der Waals surface area contributed by atoms with Crippen molar-refractivity contribution < 1.29 is 0 Å². The standard InChI is InChI=1S/C12H27N3S/c13-12(14)15-10-8-6-4-2-1-3-5-7-9-11-16/h16H,1-11H2,(H4,13,14,15). The van der Waals surface area contributed by atoms with Gasteiger partial charge >= 0.3 is 0 Å². The molecule has 0 radical (unpaired) electrons. The Bertz CT molecular complexity index is 168. The summed E-state index contributed by atoms with van der Waals surface area (Å²) in [5.41, 5.74) is 10.5. The van der Waals surface area contributed by atoms with Crippen LogP contribution in [-0.4, -0.2) is 18.3 Å². The predicted octanol–water partition coefficient (Wildman–Crippen LogP) is 2.70. The number of guanidine groups is 1. The monoisotopic (exact) mass is 245 g/mol. The third-order valence-electron chi connectivity index (χ3n) is 2.61. The Labute approximate surface area is 105 Å². The SMILES string of the molecule is NC(N)=NCCCCCCCCCCCS. The molecule has 96 valence electrons. The molecule has 0 unspecified atom stereocenters. The van der Waals surface area contributed by atoms with Crippen LogP contribution in [0, 0.1) is 0 Å². The number of aliphatic imine (C=N–C) groups is 1. The van der Waals surface area contributed by atoms with Gasteiger partial charge in [0.25, 0.3) is 0 Å². The van der Waals surface area contributed by atoms with Crippen molar-refractivity contribution in [3.05, 3.63) is 0 Å². The average Bonchev–Trinajstić information content (AvgIpc) is 2.25. The van der Waals surface area contributed by atoms with E-state index in [2.05, 4.69) is 17.6 Å². The molecule has 0 heterocycles. The van der Waals surface area contributed by atoms with Gasteiger partial charge in [0.1, 0.15) is 0 Å². The van der Waals surface area contributed by atoms with Crippen LogP contribution in [0.5, 0.6) is 0 Å². The minimum atomic E-state index is 0.212. The first kappa shape index (κ1) is 15.6. The third-order valence-corrected chi connectivity index (χ3v) is 2.93. The molecule has 0 saturated carbocycles. The van der Waals surface area contributed by atoms with E-state index in [1.165, 1.54) is 51.4 Å². The second kappa shape index (κ2) is 12.7. The second-order valence-corrected chi connectivity index (χ2v) is 4.66. The lowest BCUT2D eigenvalue weighted by molar-refractivity contribution is 0.568. The molecule has 3 nitrogen and oxygen atoms in total. The zero-order valence-electron chi connectivity index (χ0n) is 10.3. The zero-order chi connectivity index (χ0) is 12.1. The number of thiol groups is 1. The summed E-state index contributed by atoms with van der Waals surface area (Å²) in [6.45, 7) is 0.782. The average molecular weight is 245 g/mol. The van der Waals surface area contributed by atoms with E-state index in [1.54, 1.807) is 0 Å². The molecule has 0 aromatic carbocycles. The molecule has 0 spiro atoms. The van der Waals surface area contributed by atoms with Crippen LogP contribution in [0.2, 0.25) is 0 Å². The Kier molecular flexibility index (Phi) is 12.4. The number of unbranched alkanes of at least 4 members (excludes halogenated alkanes) is 8. The summed E-state index contributed by atoms with van der Waals surface area (Å²) in [5, 5.41) is 0. The fourth-order valence-electron chi connectivity index (χ4n) is 1.67. The smallest absolute Gasteiger partial charge is 0.185 e. The van der Waals surface area contributed by atoms with Crippen molar-refractivity contribution >= 4 is 18.6 Å². The first-order valence-electron chi connectivity index (χ1n) is 6.43.